The van der Waals surface area contributed by atoms with Crippen molar-refractivity contribution in [3.05, 3.63) is 0 Å². The maximum atomic E-state index is 11.9. The van der Waals surface area contributed by atoms with Gasteiger partial charge in [0.25, 0.3) is 0 Å². The molecule has 2 N–H and O–H groups in total. The summed E-state index contributed by atoms with van der Waals surface area (Å²) in [5.41, 5.74) is 0. The summed E-state index contributed by atoms with van der Waals surface area (Å²) in [5.74, 6) is 1.73. The van der Waals surface area contributed by atoms with Crippen LogP contribution in [0.1, 0.15) is 46.0 Å². The van der Waals surface area contributed by atoms with E-state index >= 15 is 0 Å². The summed E-state index contributed by atoms with van der Waals surface area (Å²) in [5, 5.41) is 6.52. The lowest BCUT2D eigenvalue weighted by atomic mass is 9.79. The largest absolute Gasteiger partial charge is 0.381 e. The molecule has 2 rings (SSSR count). The van der Waals surface area contributed by atoms with Gasteiger partial charge in [-0.15, -0.1) is 0 Å². The van der Waals surface area contributed by atoms with Crippen molar-refractivity contribution in [2.24, 2.45) is 11.8 Å². The number of ether oxygens (including phenoxy) is 1. The van der Waals surface area contributed by atoms with Gasteiger partial charge in [-0.3, -0.25) is 4.79 Å². The van der Waals surface area contributed by atoms with Crippen LogP contribution < -0.4 is 10.6 Å². The first-order chi connectivity index (χ1) is 9.15. The molecule has 0 aromatic rings. The smallest absolute Gasteiger partial charge is 0.234 e. The molecule has 0 radical (unpaired) electrons. The molecule has 1 amide bonds. The maximum absolute atomic E-state index is 11.9. The number of hydrogen-bond acceptors (Lipinski definition) is 3. The van der Waals surface area contributed by atoms with Gasteiger partial charge in [-0.25, -0.2) is 0 Å². The molecule has 0 spiro atoms. The molecule has 0 aromatic carbocycles. The zero-order valence-electron chi connectivity index (χ0n) is 12.3. The Morgan fingerprint density at radius 3 is 2.47 bits per heavy atom. The van der Waals surface area contributed by atoms with Crippen molar-refractivity contribution in [2.75, 3.05) is 19.8 Å². The average molecular weight is 268 g/mol. The zero-order chi connectivity index (χ0) is 13.7. The van der Waals surface area contributed by atoms with Crippen molar-refractivity contribution in [2.45, 2.75) is 58.0 Å². The van der Waals surface area contributed by atoms with E-state index in [1.807, 2.05) is 0 Å². The van der Waals surface area contributed by atoms with Gasteiger partial charge in [0.1, 0.15) is 0 Å². The third-order valence-electron chi connectivity index (χ3n) is 4.74. The Bertz CT molecular complexity index is 290. The van der Waals surface area contributed by atoms with Gasteiger partial charge >= 0.3 is 0 Å². The summed E-state index contributed by atoms with van der Waals surface area (Å²) >= 11 is 0. The molecule has 3 unspecified atom stereocenters. The Kier molecular flexibility index (Phi) is 5.64. The lowest BCUT2D eigenvalue weighted by Gasteiger charge is -2.32. The molecule has 3 atom stereocenters. The number of carbonyl (C=O) groups excluding carboxylic acids is 1. The van der Waals surface area contributed by atoms with Crippen LogP contribution in [0.5, 0.6) is 0 Å². The second-order valence-electron chi connectivity index (χ2n) is 6.30. The van der Waals surface area contributed by atoms with Crippen LogP contribution in [-0.2, 0) is 9.53 Å². The predicted octanol–water partition coefficient (Wildman–Crippen LogP) is 1.70. The van der Waals surface area contributed by atoms with E-state index in [0.29, 0.717) is 18.6 Å². The summed E-state index contributed by atoms with van der Waals surface area (Å²) < 4.78 is 5.29. The molecule has 1 aliphatic heterocycles. The van der Waals surface area contributed by atoms with Crippen molar-refractivity contribution in [3.63, 3.8) is 0 Å². The van der Waals surface area contributed by atoms with Crippen LogP contribution in [0.2, 0.25) is 0 Å². The first-order valence-corrected chi connectivity index (χ1v) is 7.75. The molecule has 1 saturated heterocycles. The normalized spacial score (nSPS) is 33.1. The lowest BCUT2D eigenvalue weighted by molar-refractivity contribution is -0.121. The number of hydrogen-bond donors (Lipinski definition) is 2. The van der Waals surface area contributed by atoms with Gasteiger partial charge in [-0.2, -0.15) is 0 Å². The Labute approximate surface area is 116 Å². The highest BCUT2D eigenvalue weighted by molar-refractivity contribution is 5.78. The quantitative estimate of drug-likeness (QED) is 0.816. The average Bonchev–Trinajstić information content (AvgIpc) is 2.41. The van der Waals surface area contributed by atoms with E-state index in [0.717, 1.165) is 37.9 Å². The highest BCUT2D eigenvalue weighted by atomic mass is 16.5. The van der Waals surface area contributed by atoms with Crippen molar-refractivity contribution in [1.82, 2.24) is 10.6 Å². The van der Waals surface area contributed by atoms with Gasteiger partial charge in [0, 0.05) is 25.3 Å². The summed E-state index contributed by atoms with van der Waals surface area (Å²) in [4.78, 5) is 11.9. The topological polar surface area (TPSA) is 50.4 Å². The predicted molar refractivity (Wildman–Crippen MR) is 76.0 cm³/mol. The van der Waals surface area contributed by atoms with Crippen molar-refractivity contribution in [1.29, 1.82) is 0 Å². The third kappa shape index (κ3) is 4.77. The number of carbonyl (C=O) groups is 1. The molecule has 2 fully saturated rings. The fourth-order valence-corrected chi connectivity index (χ4v) is 3.09. The van der Waals surface area contributed by atoms with Gasteiger partial charge in [0.2, 0.25) is 5.91 Å². The molecule has 4 heteroatoms. The minimum Gasteiger partial charge on any atom is -0.381 e. The fraction of sp³-hybridized carbons (Fsp3) is 0.933. The second-order valence-corrected chi connectivity index (χ2v) is 6.30. The molecule has 110 valence electrons. The monoisotopic (exact) mass is 268 g/mol. The molecule has 0 aromatic heterocycles. The molecule has 1 saturated carbocycles. The first kappa shape index (κ1) is 14.8. The van der Waals surface area contributed by atoms with Gasteiger partial charge in [-0.05, 0) is 43.9 Å². The zero-order valence-corrected chi connectivity index (χ0v) is 12.3. The Hall–Kier alpha value is -0.610. The van der Waals surface area contributed by atoms with Gasteiger partial charge < -0.3 is 15.4 Å². The van der Waals surface area contributed by atoms with Gasteiger partial charge in [-0.1, -0.05) is 13.8 Å². The molecular formula is C15H28N2O2. The van der Waals surface area contributed by atoms with E-state index in [1.54, 1.807) is 0 Å². The van der Waals surface area contributed by atoms with E-state index in [-0.39, 0.29) is 5.91 Å². The summed E-state index contributed by atoms with van der Waals surface area (Å²) in [6.07, 6.45) is 5.58. The van der Waals surface area contributed by atoms with Crippen molar-refractivity contribution < 1.29 is 9.53 Å². The summed E-state index contributed by atoms with van der Waals surface area (Å²) in [6, 6.07) is 0.833. The molecule has 1 aliphatic carbocycles. The number of rotatable bonds is 4. The highest BCUT2D eigenvalue weighted by Crippen LogP contribution is 2.29. The van der Waals surface area contributed by atoms with Crippen molar-refractivity contribution >= 4 is 5.91 Å². The van der Waals surface area contributed by atoms with Crippen LogP contribution in [0.25, 0.3) is 0 Å². The van der Waals surface area contributed by atoms with Crippen LogP contribution in [-0.4, -0.2) is 37.7 Å². The minimum absolute atomic E-state index is 0.137. The summed E-state index contributed by atoms with van der Waals surface area (Å²) in [6.45, 7) is 6.66. The van der Waals surface area contributed by atoms with Crippen molar-refractivity contribution in [3.8, 4) is 0 Å². The molecule has 1 heterocycles. The Morgan fingerprint density at radius 2 is 1.79 bits per heavy atom. The lowest BCUT2D eigenvalue weighted by Crippen LogP contribution is -2.46. The van der Waals surface area contributed by atoms with Crippen LogP contribution in [0.4, 0.5) is 0 Å². The van der Waals surface area contributed by atoms with Gasteiger partial charge in [0.05, 0.1) is 6.54 Å². The van der Waals surface area contributed by atoms with E-state index in [1.165, 1.54) is 19.3 Å². The van der Waals surface area contributed by atoms with Crippen LogP contribution in [0, 0.1) is 11.8 Å². The highest BCUT2D eigenvalue weighted by Gasteiger charge is 2.24. The molecule has 4 nitrogen and oxygen atoms in total. The Morgan fingerprint density at radius 1 is 1.05 bits per heavy atom. The number of amides is 1. The Balaban J connectivity index is 1.63. The van der Waals surface area contributed by atoms with E-state index in [2.05, 4.69) is 24.5 Å². The van der Waals surface area contributed by atoms with E-state index in [9.17, 15) is 4.79 Å². The van der Waals surface area contributed by atoms with Gasteiger partial charge in [0.15, 0.2) is 0 Å². The second kappa shape index (κ2) is 7.25. The first-order valence-electron chi connectivity index (χ1n) is 7.75. The van der Waals surface area contributed by atoms with E-state index in [4.69, 9.17) is 4.74 Å². The fourth-order valence-electron chi connectivity index (χ4n) is 3.09. The maximum Gasteiger partial charge on any atom is 0.234 e. The molecule has 19 heavy (non-hydrogen) atoms. The number of nitrogens with one attached hydrogen (secondary N) is 2. The SMILES string of the molecule is CC1CCC(NCC(=O)NC2CCOCC2)CC1C. The van der Waals surface area contributed by atoms with Crippen LogP contribution >= 0.6 is 0 Å². The molecular weight excluding hydrogens is 240 g/mol. The minimum atomic E-state index is 0.137. The van der Waals surface area contributed by atoms with Crippen LogP contribution in [0.15, 0.2) is 0 Å². The summed E-state index contributed by atoms with van der Waals surface area (Å²) in [7, 11) is 0. The van der Waals surface area contributed by atoms with E-state index < -0.39 is 0 Å². The van der Waals surface area contributed by atoms with Crippen LogP contribution in [0.3, 0.4) is 0 Å². The molecule has 2 aliphatic rings. The third-order valence-corrected chi connectivity index (χ3v) is 4.74. The standard InChI is InChI=1S/C15H28N2O2/c1-11-3-4-14(9-12(11)2)16-10-15(18)17-13-5-7-19-8-6-13/h11-14,16H,3-10H2,1-2H3,(H,17,18). The molecule has 0 bridgehead atoms.